The van der Waals surface area contributed by atoms with Crippen LogP contribution >= 0.6 is 0 Å². The maximum Gasteiger partial charge on any atom is 0.395 e. The van der Waals surface area contributed by atoms with E-state index in [4.69, 9.17) is 15.2 Å². The van der Waals surface area contributed by atoms with Gasteiger partial charge in [0.05, 0.1) is 12.2 Å². The molecule has 1 aromatic rings. The lowest BCUT2D eigenvalue weighted by molar-refractivity contribution is -0.160. The Morgan fingerprint density at radius 2 is 1.87 bits per heavy atom. The van der Waals surface area contributed by atoms with E-state index in [0.717, 1.165) is 17.7 Å². The van der Waals surface area contributed by atoms with Crippen molar-refractivity contribution in [3.63, 3.8) is 0 Å². The summed E-state index contributed by atoms with van der Waals surface area (Å²) in [5.41, 5.74) is 7.97. The van der Waals surface area contributed by atoms with Crippen LogP contribution in [0.4, 0.5) is 8.78 Å². The van der Waals surface area contributed by atoms with Crippen molar-refractivity contribution >= 4 is 17.5 Å². The van der Waals surface area contributed by atoms with Crippen LogP contribution in [0, 0.1) is 0 Å². The van der Waals surface area contributed by atoms with Gasteiger partial charge in [0.25, 0.3) is 11.8 Å². The van der Waals surface area contributed by atoms with Crippen LogP contribution in [-0.4, -0.2) is 89.5 Å². The molecule has 10 nitrogen and oxygen atoms in total. The highest BCUT2D eigenvalue weighted by molar-refractivity contribution is 6.09. The number of nitrogens with zero attached hydrogens (tertiary/aromatic N) is 4. The normalized spacial score (nSPS) is 25.1. The van der Waals surface area contributed by atoms with E-state index >= 15 is 0 Å². The van der Waals surface area contributed by atoms with E-state index in [1.165, 1.54) is 18.3 Å². The Bertz CT molecular complexity index is 1100. The SMILES string of the molecule is C[C@@H]1CN(C(=O)/C(N)=C2\CCCC2=NCC(=O)N2CCC(Oc3ncccc3OC(C)(F)F)CC2)C[C@H](C)O1. The van der Waals surface area contributed by atoms with E-state index in [9.17, 15) is 18.4 Å². The standard InChI is InChI=1S/C27H37F2N5O5/c1-17-15-34(16-18(2)37-17)26(36)24(30)20-6-4-7-21(20)32-14-23(35)33-12-9-19(10-13-33)38-25-22(8-5-11-31-25)39-27(3,28)29/h5,8,11,17-19H,4,6-7,9-10,12-16,30H2,1-3H3/b24-20-,32-21?/t17-,18+. The van der Waals surface area contributed by atoms with Crippen LogP contribution in [0.5, 0.6) is 11.6 Å². The quantitative estimate of drug-likeness (QED) is 0.520. The topological polar surface area (TPSA) is 120 Å². The van der Waals surface area contributed by atoms with E-state index in [-0.39, 0.29) is 54.0 Å². The number of pyridine rings is 1. The largest absolute Gasteiger partial charge is 0.472 e. The monoisotopic (exact) mass is 549 g/mol. The number of nitrogens with two attached hydrogens (primary N) is 1. The second kappa shape index (κ2) is 12.3. The summed E-state index contributed by atoms with van der Waals surface area (Å²) in [6, 6.07) is 2.88. The summed E-state index contributed by atoms with van der Waals surface area (Å²) in [5.74, 6) is -0.460. The van der Waals surface area contributed by atoms with E-state index in [1.54, 1.807) is 9.80 Å². The summed E-state index contributed by atoms with van der Waals surface area (Å²) in [6.07, 6.45) is 0.890. The van der Waals surface area contributed by atoms with Crippen LogP contribution in [-0.2, 0) is 14.3 Å². The first-order chi connectivity index (χ1) is 18.5. The Labute approximate surface area is 227 Å². The minimum atomic E-state index is -3.36. The molecule has 0 unspecified atom stereocenters. The van der Waals surface area contributed by atoms with Crippen molar-refractivity contribution in [1.29, 1.82) is 0 Å². The summed E-state index contributed by atoms with van der Waals surface area (Å²) in [4.78, 5) is 38.0. The Morgan fingerprint density at radius 1 is 1.18 bits per heavy atom. The average Bonchev–Trinajstić information content (AvgIpc) is 3.35. The molecule has 3 aliphatic rings. The Hall–Kier alpha value is -3.28. The van der Waals surface area contributed by atoms with Crippen LogP contribution in [0.2, 0.25) is 0 Å². The number of ether oxygens (including phenoxy) is 3. The number of alkyl halides is 2. The first-order valence-corrected chi connectivity index (χ1v) is 13.4. The highest BCUT2D eigenvalue weighted by Gasteiger charge is 2.31. The van der Waals surface area contributed by atoms with Gasteiger partial charge >= 0.3 is 6.11 Å². The van der Waals surface area contributed by atoms with E-state index in [2.05, 4.69) is 14.7 Å². The molecule has 2 amide bonds. The molecule has 12 heteroatoms. The number of hydrogen-bond donors (Lipinski definition) is 1. The van der Waals surface area contributed by atoms with Gasteiger partial charge in [-0.25, -0.2) is 4.98 Å². The number of morpholine rings is 1. The van der Waals surface area contributed by atoms with Crippen molar-refractivity contribution in [2.45, 2.75) is 77.3 Å². The predicted molar refractivity (Wildman–Crippen MR) is 140 cm³/mol. The zero-order valence-electron chi connectivity index (χ0n) is 22.7. The number of amides is 2. The van der Waals surface area contributed by atoms with Gasteiger partial charge in [-0.3, -0.25) is 14.6 Å². The first-order valence-electron chi connectivity index (χ1n) is 13.4. The minimum Gasteiger partial charge on any atom is -0.472 e. The number of aromatic nitrogens is 1. The molecule has 1 aromatic heterocycles. The molecule has 0 spiro atoms. The Morgan fingerprint density at radius 3 is 2.54 bits per heavy atom. The maximum absolute atomic E-state index is 13.3. The van der Waals surface area contributed by atoms with Gasteiger partial charge in [-0.1, -0.05) is 0 Å². The van der Waals surface area contributed by atoms with Gasteiger partial charge in [-0.15, -0.1) is 0 Å². The summed E-state index contributed by atoms with van der Waals surface area (Å²) >= 11 is 0. The fourth-order valence-electron chi connectivity index (χ4n) is 5.21. The van der Waals surface area contributed by atoms with Gasteiger partial charge in [0.15, 0.2) is 5.75 Å². The number of piperidine rings is 1. The summed E-state index contributed by atoms with van der Waals surface area (Å²) < 4.78 is 42.8. The molecule has 3 heterocycles. The zero-order valence-corrected chi connectivity index (χ0v) is 22.7. The third-order valence-corrected chi connectivity index (χ3v) is 6.95. The molecule has 0 radical (unpaired) electrons. The van der Waals surface area contributed by atoms with Crippen LogP contribution in [0.3, 0.4) is 0 Å². The Balaban J connectivity index is 1.31. The number of rotatable bonds is 7. The number of carbonyl (C=O) groups is 2. The van der Waals surface area contributed by atoms with E-state index < -0.39 is 6.11 Å². The molecule has 214 valence electrons. The highest BCUT2D eigenvalue weighted by Crippen LogP contribution is 2.31. The van der Waals surface area contributed by atoms with Gasteiger partial charge in [0, 0.05) is 63.4 Å². The molecule has 39 heavy (non-hydrogen) atoms. The van der Waals surface area contributed by atoms with Gasteiger partial charge in [0.1, 0.15) is 18.3 Å². The fourth-order valence-corrected chi connectivity index (χ4v) is 5.21. The van der Waals surface area contributed by atoms with Gasteiger partial charge in [0.2, 0.25) is 5.91 Å². The van der Waals surface area contributed by atoms with Crippen molar-refractivity contribution in [1.82, 2.24) is 14.8 Å². The Kier molecular flexibility index (Phi) is 9.04. The van der Waals surface area contributed by atoms with Crippen LogP contribution < -0.4 is 15.2 Å². The van der Waals surface area contributed by atoms with Crippen LogP contribution in [0.15, 0.2) is 34.6 Å². The minimum absolute atomic E-state index is 0.00359. The number of halogens is 2. The number of hydrogen-bond acceptors (Lipinski definition) is 8. The fraction of sp³-hybridized carbons (Fsp3) is 0.630. The average molecular weight is 550 g/mol. The molecule has 2 aliphatic heterocycles. The molecule has 0 bridgehead atoms. The molecule has 2 N–H and O–H groups in total. The van der Waals surface area contributed by atoms with Gasteiger partial charge in [-0.05, 0) is 45.2 Å². The molecule has 1 aliphatic carbocycles. The highest BCUT2D eigenvalue weighted by atomic mass is 19.3. The number of allylic oxidation sites excluding steroid dienone is 1. The van der Waals surface area contributed by atoms with Crippen LogP contribution in [0.1, 0.15) is 52.9 Å². The van der Waals surface area contributed by atoms with E-state index in [1.807, 2.05) is 13.8 Å². The molecular formula is C27H37F2N5O5. The summed E-state index contributed by atoms with van der Waals surface area (Å²) in [6.45, 7) is 6.35. The predicted octanol–water partition coefficient (Wildman–Crippen LogP) is 2.92. The molecule has 2 atom stereocenters. The smallest absolute Gasteiger partial charge is 0.395 e. The first kappa shape index (κ1) is 28.7. The lowest BCUT2D eigenvalue weighted by atomic mass is 10.1. The summed E-state index contributed by atoms with van der Waals surface area (Å²) in [5, 5.41) is 0. The van der Waals surface area contributed by atoms with Crippen molar-refractivity contribution in [2.24, 2.45) is 10.7 Å². The number of carbonyl (C=O) groups excluding carboxylic acids is 2. The van der Waals surface area contributed by atoms with Gasteiger partial charge < -0.3 is 29.7 Å². The lowest BCUT2D eigenvalue weighted by Gasteiger charge is -2.35. The van der Waals surface area contributed by atoms with Crippen molar-refractivity contribution in [3.05, 3.63) is 29.6 Å². The third-order valence-electron chi connectivity index (χ3n) is 6.95. The molecule has 4 rings (SSSR count). The number of aliphatic imine (C=N–C) groups is 1. The van der Waals surface area contributed by atoms with Crippen molar-refractivity contribution in [3.8, 4) is 11.6 Å². The zero-order chi connectivity index (χ0) is 28.2. The van der Waals surface area contributed by atoms with E-state index in [0.29, 0.717) is 58.8 Å². The van der Waals surface area contributed by atoms with Crippen molar-refractivity contribution < 1.29 is 32.6 Å². The molecule has 0 aromatic carbocycles. The number of likely N-dealkylation sites (tertiary alicyclic amines) is 1. The van der Waals surface area contributed by atoms with Crippen LogP contribution in [0.25, 0.3) is 0 Å². The maximum atomic E-state index is 13.3. The lowest BCUT2D eigenvalue weighted by Crippen LogP contribution is -2.49. The molecule has 1 saturated carbocycles. The second-order valence-electron chi connectivity index (χ2n) is 10.4. The summed E-state index contributed by atoms with van der Waals surface area (Å²) in [7, 11) is 0. The molecule has 3 fully saturated rings. The van der Waals surface area contributed by atoms with Crippen molar-refractivity contribution in [2.75, 3.05) is 32.7 Å². The molecule has 2 saturated heterocycles. The molecular weight excluding hydrogens is 512 g/mol. The third kappa shape index (κ3) is 7.65. The van der Waals surface area contributed by atoms with Gasteiger partial charge in [-0.2, -0.15) is 8.78 Å². The second-order valence-corrected chi connectivity index (χ2v) is 10.4.